The topological polar surface area (TPSA) is 70.7 Å². The van der Waals surface area contributed by atoms with Gasteiger partial charge in [-0.3, -0.25) is 4.79 Å². The van der Waals surface area contributed by atoms with Gasteiger partial charge in [0.25, 0.3) is 5.56 Å². The summed E-state index contributed by atoms with van der Waals surface area (Å²) < 4.78 is 0. The summed E-state index contributed by atoms with van der Waals surface area (Å²) in [7, 11) is 0. The molecule has 0 amide bonds. The van der Waals surface area contributed by atoms with Gasteiger partial charge in [0.05, 0.1) is 6.04 Å². The first-order chi connectivity index (χ1) is 12.5. The Morgan fingerprint density at radius 1 is 1.23 bits per heavy atom. The van der Waals surface area contributed by atoms with Crippen LogP contribution in [0.5, 0.6) is 0 Å². The van der Waals surface area contributed by atoms with Crippen molar-refractivity contribution in [1.29, 1.82) is 0 Å². The second kappa shape index (κ2) is 7.83. The molecular formula is C20H24N4OS. The molecule has 136 valence electrons. The van der Waals surface area contributed by atoms with Crippen LogP contribution in [0.25, 0.3) is 11.4 Å². The maximum Gasteiger partial charge on any atom is 0.251 e. The number of nitrogens with one attached hydrogen (secondary N) is 2. The first kappa shape index (κ1) is 18.3. The third-order valence-electron chi connectivity index (χ3n) is 4.35. The zero-order valence-corrected chi connectivity index (χ0v) is 16.4. The van der Waals surface area contributed by atoms with Crippen LogP contribution in [-0.2, 0) is 12.8 Å². The van der Waals surface area contributed by atoms with Gasteiger partial charge in [-0.05, 0) is 50.5 Å². The summed E-state index contributed by atoms with van der Waals surface area (Å²) in [6.45, 7) is 8.47. The van der Waals surface area contributed by atoms with Crippen LogP contribution in [0.3, 0.4) is 0 Å². The number of pyridine rings is 1. The number of nitrogens with zero attached hydrogens (tertiary/aromatic N) is 2. The minimum Gasteiger partial charge on any atom is -0.363 e. The third-order valence-corrected chi connectivity index (χ3v) is 5.91. The fraction of sp³-hybridized carbons (Fsp3) is 0.350. The molecule has 3 aromatic rings. The first-order valence-electron chi connectivity index (χ1n) is 8.92. The van der Waals surface area contributed by atoms with Crippen LogP contribution >= 0.6 is 11.3 Å². The van der Waals surface area contributed by atoms with E-state index in [0.29, 0.717) is 5.82 Å². The molecule has 6 heteroatoms. The monoisotopic (exact) mass is 368 g/mol. The van der Waals surface area contributed by atoms with Gasteiger partial charge in [-0.2, -0.15) is 0 Å². The number of aryl methyl sites for hydroxylation is 3. The number of anilines is 1. The van der Waals surface area contributed by atoms with E-state index in [1.807, 2.05) is 30.4 Å². The van der Waals surface area contributed by atoms with Crippen molar-refractivity contribution in [3.63, 3.8) is 0 Å². The van der Waals surface area contributed by atoms with E-state index >= 15 is 0 Å². The van der Waals surface area contributed by atoms with E-state index in [9.17, 15) is 4.79 Å². The second-order valence-corrected chi connectivity index (χ2v) is 7.51. The molecular weight excluding hydrogens is 344 g/mol. The van der Waals surface area contributed by atoms with Crippen LogP contribution in [0.2, 0.25) is 0 Å². The summed E-state index contributed by atoms with van der Waals surface area (Å²) in [6, 6.07) is 7.82. The highest BCUT2D eigenvalue weighted by Gasteiger charge is 2.12. The normalized spacial score (nSPS) is 12.2. The van der Waals surface area contributed by atoms with E-state index in [1.165, 1.54) is 21.4 Å². The van der Waals surface area contributed by atoms with Gasteiger partial charge in [0.1, 0.15) is 11.6 Å². The van der Waals surface area contributed by atoms with Crippen LogP contribution in [0.1, 0.15) is 47.8 Å². The van der Waals surface area contributed by atoms with Gasteiger partial charge in [0.15, 0.2) is 0 Å². The summed E-state index contributed by atoms with van der Waals surface area (Å²) >= 11 is 1.85. The molecule has 0 fully saturated rings. The van der Waals surface area contributed by atoms with Gasteiger partial charge in [0, 0.05) is 33.3 Å². The lowest BCUT2D eigenvalue weighted by atomic mass is 10.2. The van der Waals surface area contributed by atoms with Crippen molar-refractivity contribution >= 4 is 17.2 Å². The molecule has 0 saturated carbocycles. The minimum atomic E-state index is -0.137. The predicted molar refractivity (Wildman–Crippen MR) is 108 cm³/mol. The van der Waals surface area contributed by atoms with Gasteiger partial charge in [-0.1, -0.05) is 13.8 Å². The van der Waals surface area contributed by atoms with E-state index in [1.54, 1.807) is 6.20 Å². The summed E-state index contributed by atoms with van der Waals surface area (Å²) in [5.74, 6) is 1.36. The Morgan fingerprint density at radius 3 is 2.65 bits per heavy atom. The first-order valence-corrected chi connectivity index (χ1v) is 9.74. The van der Waals surface area contributed by atoms with Gasteiger partial charge in [-0.15, -0.1) is 11.3 Å². The molecule has 1 unspecified atom stereocenters. The highest BCUT2D eigenvalue weighted by Crippen LogP contribution is 2.29. The molecule has 0 saturated heterocycles. The quantitative estimate of drug-likeness (QED) is 0.672. The lowest BCUT2D eigenvalue weighted by molar-refractivity contribution is 0.895. The van der Waals surface area contributed by atoms with E-state index < -0.39 is 0 Å². The van der Waals surface area contributed by atoms with Gasteiger partial charge >= 0.3 is 0 Å². The molecule has 1 atom stereocenters. The summed E-state index contributed by atoms with van der Waals surface area (Å²) in [5, 5.41) is 3.44. The summed E-state index contributed by atoms with van der Waals surface area (Å²) in [5.41, 5.74) is 2.80. The molecule has 0 aromatic carbocycles. The lowest BCUT2D eigenvalue weighted by Crippen LogP contribution is -2.10. The Balaban J connectivity index is 1.77. The molecule has 0 aliphatic carbocycles. The molecule has 3 heterocycles. The molecule has 26 heavy (non-hydrogen) atoms. The Bertz CT molecular complexity index is 943. The maximum atomic E-state index is 11.7. The largest absolute Gasteiger partial charge is 0.363 e. The number of hydrogen-bond acceptors (Lipinski definition) is 5. The van der Waals surface area contributed by atoms with E-state index in [0.717, 1.165) is 29.9 Å². The highest BCUT2D eigenvalue weighted by molar-refractivity contribution is 7.12. The molecule has 2 N–H and O–H groups in total. The molecule has 0 spiro atoms. The molecule has 0 aliphatic rings. The van der Waals surface area contributed by atoms with Gasteiger partial charge in [0.2, 0.25) is 0 Å². The van der Waals surface area contributed by atoms with Gasteiger partial charge in [-0.25, -0.2) is 9.97 Å². The molecule has 0 aliphatic heterocycles. The van der Waals surface area contributed by atoms with E-state index in [4.69, 9.17) is 0 Å². The second-order valence-electron chi connectivity index (χ2n) is 6.35. The summed E-state index contributed by atoms with van der Waals surface area (Å²) in [4.78, 5) is 26.2. The fourth-order valence-electron chi connectivity index (χ4n) is 2.85. The van der Waals surface area contributed by atoms with Gasteiger partial charge < -0.3 is 10.3 Å². The number of hydrogen-bond donors (Lipinski definition) is 2. The molecule has 0 radical (unpaired) electrons. The highest BCUT2D eigenvalue weighted by atomic mass is 32.1. The Morgan fingerprint density at radius 2 is 2.04 bits per heavy atom. The molecule has 3 rings (SSSR count). The minimum absolute atomic E-state index is 0.137. The Labute approximate surface area is 157 Å². The number of rotatable bonds is 6. The summed E-state index contributed by atoms with van der Waals surface area (Å²) in [6.07, 6.45) is 3.53. The van der Waals surface area contributed by atoms with Crippen molar-refractivity contribution in [2.24, 2.45) is 0 Å². The van der Waals surface area contributed by atoms with E-state index in [2.05, 4.69) is 47.1 Å². The number of H-pyrrole nitrogens is 1. The average Bonchev–Trinajstić information content (AvgIpc) is 3.02. The smallest absolute Gasteiger partial charge is 0.251 e. The van der Waals surface area contributed by atoms with Crippen molar-refractivity contribution in [1.82, 2.24) is 15.0 Å². The Hall–Kier alpha value is -2.47. The molecule has 0 bridgehead atoms. The predicted octanol–water partition coefficient (Wildman–Crippen LogP) is 4.50. The van der Waals surface area contributed by atoms with Crippen LogP contribution < -0.4 is 10.9 Å². The van der Waals surface area contributed by atoms with Crippen LogP contribution in [0, 0.1) is 6.92 Å². The fourth-order valence-corrected chi connectivity index (χ4v) is 3.97. The van der Waals surface area contributed by atoms with Crippen molar-refractivity contribution in [3.05, 3.63) is 61.8 Å². The zero-order chi connectivity index (χ0) is 18.7. The maximum absolute atomic E-state index is 11.7. The molecule has 5 nitrogen and oxygen atoms in total. The van der Waals surface area contributed by atoms with Crippen LogP contribution in [-0.4, -0.2) is 15.0 Å². The van der Waals surface area contributed by atoms with Crippen molar-refractivity contribution in [3.8, 4) is 11.4 Å². The number of aromatic nitrogens is 3. The number of aromatic amines is 1. The molecule has 3 aromatic heterocycles. The Kier molecular flexibility index (Phi) is 5.52. The van der Waals surface area contributed by atoms with Crippen LogP contribution in [0.4, 0.5) is 5.82 Å². The number of thiophene rings is 1. The average molecular weight is 369 g/mol. The lowest BCUT2D eigenvalue weighted by Gasteiger charge is -2.13. The van der Waals surface area contributed by atoms with E-state index in [-0.39, 0.29) is 11.6 Å². The standard InChI is InChI=1S/C20H24N4OS/c1-5-15-10-19(25)24-20(23-15)14-7-8-18(21-11-14)22-13(4)17-9-12(3)16(6-2)26-17/h7-11,13H,5-6H2,1-4H3,(H,21,22)(H,23,24,25). The van der Waals surface area contributed by atoms with Crippen LogP contribution in [0.15, 0.2) is 35.3 Å². The van der Waals surface area contributed by atoms with Crippen molar-refractivity contribution in [2.75, 3.05) is 5.32 Å². The SMILES string of the molecule is CCc1cc(=O)[nH]c(-c2ccc(NC(C)c3cc(C)c(CC)s3)nc2)n1. The van der Waals surface area contributed by atoms with Crippen molar-refractivity contribution < 1.29 is 0 Å². The third kappa shape index (κ3) is 4.02. The zero-order valence-electron chi connectivity index (χ0n) is 15.6. The van der Waals surface area contributed by atoms with Crippen molar-refractivity contribution in [2.45, 2.75) is 46.6 Å².